The van der Waals surface area contributed by atoms with Crippen LogP contribution in [0.5, 0.6) is 0 Å². The van der Waals surface area contributed by atoms with Crippen molar-refractivity contribution >= 4 is 33.1 Å². The number of aromatic amines is 1. The summed E-state index contributed by atoms with van der Waals surface area (Å²) in [5, 5.41) is 0.779. The number of rotatable bonds is 4. The van der Waals surface area contributed by atoms with Gasteiger partial charge >= 0.3 is 0 Å². The molecule has 32 heavy (non-hydrogen) atoms. The smallest absolute Gasteiger partial charge is 0.259 e. The number of H-pyrrole nitrogens is 1. The molecule has 168 valence electrons. The summed E-state index contributed by atoms with van der Waals surface area (Å²) in [7, 11) is 0. The highest BCUT2D eigenvalue weighted by atomic mass is 32.1. The van der Waals surface area contributed by atoms with Gasteiger partial charge in [0, 0.05) is 49.1 Å². The number of nitrogens with zero attached hydrogens (tertiary/aromatic N) is 3. The monoisotopic (exact) mass is 450 g/mol. The maximum atomic E-state index is 12.9. The van der Waals surface area contributed by atoms with Gasteiger partial charge in [-0.2, -0.15) is 0 Å². The lowest BCUT2D eigenvalue weighted by Gasteiger charge is -2.41. The Morgan fingerprint density at radius 2 is 1.97 bits per heavy atom. The van der Waals surface area contributed by atoms with E-state index in [0.717, 1.165) is 42.6 Å². The van der Waals surface area contributed by atoms with Gasteiger partial charge in [-0.05, 0) is 57.2 Å². The minimum absolute atomic E-state index is 0.0443. The zero-order chi connectivity index (χ0) is 22.2. The minimum atomic E-state index is -0.0443. The molecule has 7 heteroatoms. The van der Waals surface area contributed by atoms with Crippen LogP contribution in [0.15, 0.2) is 29.1 Å². The third kappa shape index (κ3) is 4.06. The SMILES string of the molecule is Cc1ccc(N2CCN(C(=O)CCc3nc4sc5c(c4c(=O)[nH]3)CCCC5)C[C@@H]2C)cc1. The maximum Gasteiger partial charge on any atom is 0.259 e. The molecule has 3 heterocycles. The first-order chi connectivity index (χ1) is 15.5. The van der Waals surface area contributed by atoms with Crippen molar-refractivity contribution in [2.45, 2.75) is 58.4 Å². The third-order valence-corrected chi connectivity index (χ3v) is 7.98. The van der Waals surface area contributed by atoms with Crippen LogP contribution in [0.4, 0.5) is 5.69 Å². The molecular weight excluding hydrogens is 420 g/mol. The molecule has 0 unspecified atom stereocenters. The number of carbonyl (C=O) groups is 1. The molecule has 0 bridgehead atoms. The number of hydrogen-bond acceptors (Lipinski definition) is 5. The van der Waals surface area contributed by atoms with E-state index in [2.05, 4.69) is 48.0 Å². The topological polar surface area (TPSA) is 69.3 Å². The number of anilines is 1. The molecule has 1 aliphatic heterocycles. The van der Waals surface area contributed by atoms with Gasteiger partial charge in [0.25, 0.3) is 5.56 Å². The molecule has 1 atom stereocenters. The van der Waals surface area contributed by atoms with E-state index in [9.17, 15) is 9.59 Å². The van der Waals surface area contributed by atoms with Gasteiger partial charge in [0.05, 0.1) is 5.39 Å². The number of hydrogen-bond donors (Lipinski definition) is 1. The Hall–Kier alpha value is -2.67. The summed E-state index contributed by atoms with van der Waals surface area (Å²) >= 11 is 1.66. The Morgan fingerprint density at radius 3 is 2.75 bits per heavy atom. The number of benzene rings is 1. The molecule has 1 amide bonds. The standard InChI is InChI=1S/C25H30N4O2S/c1-16-7-9-18(10-8-16)29-14-13-28(15-17(29)2)22(30)12-11-21-26-24(31)23-19-5-3-4-6-20(19)32-25(23)27-21/h7-10,17H,3-6,11-15H2,1-2H3,(H,26,27,31)/t17-/m0/s1. The van der Waals surface area contributed by atoms with Crippen molar-refractivity contribution in [3.05, 3.63) is 56.4 Å². The van der Waals surface area contributed by atoms with Crippen LogP contribution in [0.1, 0.15) is 48.0 Å². The first kappa shape index (κ1) is 21.2. The van der Waals surface area contributed by atoms with E-state index in [4.69, 9.17) is 4.98 Å². The van der Waals surface area contributed by atoms with Crippen molar-refractivity contribution in [2.75, 3.05) is 24.5 Å². The molecular formula is C25H30N4O2S. The second-order valence-electron chi connectivity index (χ2n) is 9.12. The molecule has 0 spiro atoms. The second kappa shape index (κ2) is 8.70. The van der Waals surface area contributed by atoms with Crippen LogP contribution < -0.4 is 10.5 Å². The summed E-state index contributed by atoms with van der Waals surface area (Å²) < 4.78 is 0. The van der Waals surface area contributed by atoms with Crippen LogP contribution in [0.3, 0.4) is 0 Å². The van der Waals surface area contributed by atoms with Crippen molar-refractivity contribution in [2.24, 2.45) is 0 Å². The van der Waals surface area contributed by atoms with Crippen molar-refractivity contribution in [1.29, 1.82) is 0 Å². The normalized spacial score (nSPS) is 18.8. The zero-order valence-corrected chi connectivity index (χ0v) is 19.6. The summed E-state index contributed by atoms with van der Waals surface area (Å²) in [6, 6.07) is 8.85. The van der Waals surface area contributed by atoms with E-state index in [1.807, 2.05) is 4.90 Å². The summed E-state index contributed by atoms with van der Waals surface area (Å²) in [6.45, 7) is 6.53. The molecule has 0 radical (unpaired) electrons. The van der Waals surface area contributed by atoms with Crippen LogP contribution in [-0.2, 0) is 24.1 Å². The number of carbonyl (C=O) groups excluding carboxylic acids is 1. The van der Waals surface area contributed by atoms with Crippen LogP contribution in [0.2, 0.25) is 0 Å². The molecule has 0 saturated carbocycles. The van der Waals surface area contributed by atoms with Gasteiger partial charge in [-0.3, -0.25) is 9.59 Å². The van der Waals surface area contributed by atoms with Crippen LogP contribution in [0, 0.1) is 6.92 Å². The molecule has 1 fully saturated rings. The van der Waals surface area contributed by atoms with Gasteiger partial charge in [0.15, 0.2) is 0 Å². The van der Waals surface area contributed by atoms with Gasteiger partial charge in [0.1, 0.15) is 10.7 Å². The Labute approximate surface area is 192 Å². The van der Waals surface area contributed by atoms with Crippen LogP contribution >= 0.6 is 11.3 Å². The predicted octanol–water partition coefficient (Wildman–Crippen LogP) is 3.84. The Kier molecular flexibility index (Phi) is 5.76. The number of amides is 1. The first-order valence-corrected chi connectivity index (χ1v) is 12.5. The van der Waals surface area contributed by atoms with E-state index in [0.29, 0.717) is 25.2 Å². The Morgan fingerprint density at radius 1 is 1.19 bits per heavy atom. The molecule has 3 aromatic rings. The van der Waals surface area contributed by atoms with Crippen molar-refractivity contribution in [1.82, 2.24) is 14.9 Å². The fraction of sp³-hybridized carbons (Fsp3) is 0.480. The lowest BCUT2D eigenvalue weighted by Crippen LogP contribution is -2.53. The number of nitrogens with one attached hydrogen (secondary N) is 1. The molecule has 6 nitrogen and oxygen atoms in total. The summed E-state index contributed by atoms with van der Waals surface area (Å²) in [4.78, 5) is 39.8. The van der Waals surface area contributed by atoms with E-state index >= 15 is 0 Å². The van der Waals surface area contributed by atoms with Crippen LogP contribution in [-0.4, -0.2) is 46.5 Å². The fourth-order valence-electron chi connectivity index (χ4n) is 5.01. The molecule has 1 aromatic carbocycles. The number of fused-ring (bicyclic) bond motifs is 3. The largest absolute Gasteiger partial charge is 0.365 e. The predicted molar refractivity (Wildman–Crippen MR) is 130 cm³/mol. The molecule has 1 saturated heterocycles. The zero-order valence-electron chi connectivity index (χ0n) is 18.8. The summed E-state index contributed by atoms with van der Waals surface area (Å²) in [6.07, 6.45) is 5.20. The number of aromatic nitrogens is 2. The summed E-state index contributed by atoms with van der Waals surface area (Å²) in [5.74, 6) is 0.759. The molecule has 1 aliphatic carbocycles. The first-order valence-electron chi connectivity index (χ1n) is 11.6. The second-order valence-corrected chi connectivity index (χ2v) is 10.2. The van der Waals surface area contributed by atoms with Gasteiger partial charge in [-0.25, -0.2) is 4.98 Å². The highest BCUT2D eigenvalue weighted by Crippen LogP contribution is 2.33. The molecule has 2 aromatic heterocycles. The average Bonchev–Trinajstić information content (AvgIpc) is 3.17. The van der Waals surface area contributed by atoms with Crippen LogP contribution in [0.25, 0.3) is 10.2 Å². The lowest BCUT2D eigenvalue weighted by atomic mass is 9.97. The minimum Gasteiger partial charge on any atom is -0.365 e. The quantitative estimate of drug-likeness (QED) is 0.656. The van der Waals surface area contributed by atoms with E-state index in [1.54, 1.807) is 11.3 Å². The van der Waals surface area contributed by atoms with Crippen molar-refractivity contribution < 1.29 is 4.79 Å². The maximum absolute atomic E-state index is 12.9. The summed E-state index contributed by atoms with van der Waals surface area (Å²) in [5.41, 5.74) is 3.62. The Bertz CT molecular complexity index is 1200. The Balaban J connectivity index is 1.23. The molecule has 5 rings (SSSR count). The van der Waals surface area contributed by atoms with E-state index < -0.39 is 0 Å². The highest BCUT2D eigenvalue weighted by molar-refractivity contribution is 7.18. The third-order valence-electron chi connectivity index (χ3n) is 6.80. The van der Waals surface area contributed by atoms with E-state index in [-0.39, 0.29) is 17.5 Å². The number of thiophene rings is 1. The highest BCUT2D eigenvalue weighted by Gasteiger charge is 2.27. The number of aryl methyl sites for hydroxylation is 4. The average molecular weight is 451 g/mol. The van der Waals surface area contributed by atoms with Crippen molar-refractivity contribution in [3.8, 4) is 0 Å². The van der Waals surface area contributed by atoms with Gasteiger partial charge in [-0.15, -0.1) is 11.3 Å². The van der Waals surface area contributed by atoms with Gasteiger partial charge in [-0.1, -0.05) is 17.7 Å². The number of piperazine rings is 1. The van der Waals surface area contributed by atoms with Gasteiger partial charge < -0.3 is 14.8 Å². The molecule has 2 aliphatic rings. The van der Waals surface area contributed by atoms with Gasteiger partial charge in [0.2, 0.25) is 5.91 Å². The lowest BCUT2D eigenvalue weighted by molar-refractivity contribution is -0.131. The van der Waals surface area contributed by atoms with Crippen molar-refractivity contribution in [3.63, 3.8) is 0 Å². The van der Waals surface area contributed by atoms with E-state index in [1.165, 1.54) is 28.1 Å². The molecule has 1 N–H and O–H groups in total. The fourth-order valence-corrected chi connectivity index (χ4v) is 6.30.